The standard InChI is InChI=1S/C23H22F2N2O3/c1-4-5-19-20(21(28)16-7-13(2)6-14(3)8-16)27(23(30)26-22(19)29)12-15-9-17(24)11-18(25)10-15/h6-11H,4-5,12H2,1-3H3,(H,26,29,30). The third kappa shape index (κ3) is 4.45. The molecule has 0 amide bonds. The molecule has 3 rings (SSSR count). The van der Waals surface area contributed by atoms with Gasteiger partial charge in [0.2, 0.25) is 5.78 Å². The van der Waals surface area contributed by atoms with E-state index in [1.165, 1.54) is 0 Å². The fourth-order valence-electron chi connectivity index (χ4n) is 3.63. The number of nitrogens with zero attached hydrogens (tertiary/aromatic N) is 1. The molecule has 0 aliphatic carbocycles. The highest BCUT2D eigenvalue weighted by Gasteiger charge is 2.23. The first-order chi connectivity index (χ1) is 14.2. The molecule has 0 unspecified atom stereocenters. The van der Waals surface area contributed by atoms with Crippen molar-refractivity contribution in [3.63, 3.8) is 0 Å². The van der Waals surface area contributed by atoms with Gasteiger partial charge in [0.05, 0.1) is 6.54 Å². The number of halogens is 2. The Hall–Kier alpha value is -3.35. The second-order valence-corrected chi connectivity index (χ2v) is 7.41. The van der Waals surface area contributed by atoms with Crippen molar-refractivity contribution in [1.82, 2.24) is 9.55 Å². The molecule has 3 aromatic rings. The van der Waals surface area contributed by atoms with E-state index in [0.717, 1.165) is 33.9 Å². The number of aromatic nitrogens is 2. The number of hydrogen-bond donors (Lipinski definition) is 1. The summed E-state index contributed by atoms with van der Waals surface area (Å²) in [4.78, 5) is 40.8. The van der Waals surface area contributed by atoms with E-state index in [-0.39, 0.29) is 29.8 Å². The predicted octanol–water partition coefficient (Wildman–Crippen LogP) is 3.66. The zero-order valence-corrected chi connectivity index (χ0v) is 17.0. The number of ketones is 1. The number of nitrogens with one attached hydrogen (secondary N) is 1. The van der Waals surface area contributed by atoms with E-state index in [2.05, 4.69) is 4.98 Å². The molecule has 0 spiro atoms. The van der Waals surface area contributed by atoms with Gasteiger partial charge in [-0.3, -0.25) is 19.1 Å². The fourth-order valence-corrected chi connectivity index (χ4v) is 3.63. The molecule has 1 heterocycles. The number of rotatable bonds is 6. The average molecular weight is 412 g/mol. The van der Waals surface area contributed by atoms with Crippen LogP contribution in [0.15, 0.2) is 46.0 Å². The molecule has 0 aliphatic rings. The number of benzene rings is 2. The molecule has 2 aromatic carbocycles. The van der Waals surface area contributed by atoms with E-state index in [0.29, 0.717) is 12.0 Å². The second kappa shape index (κ2) is 8.57. The molecule has 5 nitrogen and oxygen atoms in total. The molecule has 0 bridgehead atoms. The molecule has 0 aliphatic heterocycles. The summed E-state index contributed by atoms with van der Waals surface area (Å²) in [5.41, 5.74) is 0.919. The third-order valence-corrected chi connectivity index (χ3v) is 4.76. The summed E-state index contributed by atoms with van der Waals surface area (Å²) in [5, 5.41) is 0. The number of aryl methyl sites for hydroxylation is 2. The van der Waals surface area contributed by atoms with Crippen LogP contribution in [0.2, 0.25) is 0 Å². The van der Waals surface area contributed by atoms with Gasteiger partial charge in [-0.15, -0.1) is 0 Å². The molecule has 0 saturated carbocycles. The van der Waals surface area contributed by atoms with Crippen LogP contribution in [0, 0.1) is 25.5 Å². The van der Waals surface area contributed by atoms with Gasteiger partial charge in [-0.2, -0.15) is 0 Å². The molecule has 1 N–H and O–H groups in total. The van der Waals surface area contributed by atoms with E-state index < -0.39 is 28.7 Å². The Morgan fingerprint density at radius 1 is 0.967 bits per heavy atom. The first kappa shape index (κ1) is 21.4. The highest BCUT2D eigenvalue weighted by Crippen LogP contribution is 2.18. The van der Waals surface area contributed by atoms with Gasteiger partial charge >= 0.3 is 5.69 Å². The SMILES string of the molecule is CCCc1c(C(=O)c2cc(C)cc(C)c2)n(Cc2cc(F)cc(F)c2)c(=O)[nH]c1=O. The molecule has 30 heavy (non-hydrogen) atoms. The van der Waals surface area contributed by atoms with Crippen molar-refractivity contribution in [2.24, 2.45) is 0 Å². The highest BCUT2D eigenvalue weighted by molar-refractivity contribution is 6.09. The van der Waals surface area contributed by atoms with Crippen molar-refractivity contribution < 1.29 is 13.6 Å². The summed E-state index contributed by atoms with van der Waals surface area (Å²) in [5.74, 6) is -2.07. The molecule has 156 valence electrons. The van der Waals surface area contributed by atoms with Crippen molar-refractivity contribution in [3.8, 4) is 0 Å². The maximum absolute atomic E-state index is 13.7. The van der Waals surface area contributed by atoms with Crippen molar-refractivity contribution in [1.29, 1.82) is 0 Å². The molecular formula is C23H22F2N2O3. The van der Waals surface area contributed by atoms with Crippen LogP contribution in [0.5, 0.6) is 0 Å². The molecule has 7 heteroatoms. The quantitative estimate of drug-likeness (QED) is 0.628. The highest BCUT2D eigenvalue weighted by atomic mass is 19.1. The molecule has 0 radical (unpaired) electrons. The molecule has 1 aromatic heterocycles. The van der Waals surface area contributed by atoms with Crippen LogP contribution in [0.25, 0.3) is 0 Å². The summed E-state index contributed by atoms with van der Waals surface area (Å²) in [6, 6.07) is 8.18. The van der Waals surface area contributed by atoms with E-state index in [1.807, 2.05) is 26.8 Å². The van der Waals surface area contributed by atoms with Crippen molar-refractivity contribution >= 4 is 5.78 Å². The van der Waals surface area contributed by atoms with Crippen LogP contribution in [0.1, 0.15) is 51.7 Å². The van der Waals surface area contributed by atoms with Gasteiger partial charge in [-0.25, -0.2) is 13.6 Å². The van der Waals surface area contributed by atoms with Gasteiger partial charge in [0, 0.05) is 17.2 Å². The lowest BCUT2D eigenvalue weighted by Gasteiger charge is -2.16. The fraction of sp³-hybridized carbons (Fsp3) is 0.261. The lowest BCUT2D eigenvalue weighted by Crippen LogP contribution is -2.37. The van der Waals surface area contributed by atoms with Crippen LogP contribution < -0.4 is 11.2 Å². The Morgan fingerprint density at radius 2 is 1.57 bits per heavy atom. The molecule has 0 fully saturated rings. The van der Waals surface area contributed by atoms with Crippen molar-refractivity contribution in [2.75, 3.05) is 0 Å². The van der Waals surface area contributed by atoms with E-state index >= 15 is 0 Å². The van der Waals surface area contributed by atoms with Crippen LogP contribution >= 0.6 is 0 Å². The lowest BCUT2D eigenvalue weighted by atomic mass is 9.98. The topological polar surface area (TPSA) is 71.9 Å². The zero-order valence-electron chi connectivity index (χ0n) is 17.0. The number of hydrogen-bond acceptors (Lipinski definition) is 3. The number of H-pyrrole nitrogens is 1. The number of carbonyl (C=O) groups is 1. The second-order valence-electron chi connectivity index (χ2n) is 7.41. The average Bonchev–Trinajstić information content (AvgIpc) is 2.63. The van der Waals surface area contributed by atoms with Gasteiger partial charge in [0.15, 0.2) is 0 Å². The first-order valence-electron chi connectivity index (χ1n) is 9.63. The van der Waals surface area contributed by atoms with Crippen molar-refractivity contribution in [2.45, 2.75) is 40.2 Å². The molecule has 0 atom stereocenters. The predicted molar refractivity (Wildman–Crippen MR) is 110 cm³/mol. The van der Waals surface area contributed by atoms with Gasteiger partial charge in [-0.05, 0) is 50.1 Å². The number of carbonyl (C=O) groups excluding carboxylic acids is 1. The van der Waals surface area contributed by atoms with Crippen molar-refractivity contribution in [3.05, 3.63) is 102 Å². The summed E-state index contributed by atoms with van der Waals surface area (Å²) in [6.45, 7) is 5.28. The van der Waals surface area contributed by atoms with Crippen LogP contribution in [-0.4, -0.2) is 15.3 Å². The van der Waals surface area contributed by atoms with Gasteiger partial charge < -0.3 is 0 Å². The smallest absolute Gasteiger partial charge is 0.287 e. The minimum absolute atomic E-state index is 0.0553. The Labute approximate surface area is 172 Å². The minimum atomic E-state index is -0.808. The van der Waals surface area contributed by atoms with E-state index in [1.54, 1.807) is 12.1 Å². The normalized spacial score (nSPS) is 11.0. The minimum Gasteiger partial charge on any atom is -0.287 e. The summed E-state index contributed by atoms with van der Waals surface area (Å²) in [6.07, 6.45) is 0.849. The van der Waals surface area contributed by atoms with Gasteiger partial charge in [0.25, 0.3) is 5.56 Å². The van der Waals surface area contributed by atoms with Crippen LogP contribution in [0.3, 0.4) is 0 Å². The zero-order chi connectivity index (χ0) is 22.0. The van der Waals surface area contributed by atoms with E-state index in [4.69, 9.17) is 0 Å². The maximum atomic E-state index is 13.7. The van der Waals surface area contributed by atoms with Gasteiger partial charge in [-0.1, -0.05) is 30.5 Å². The van der Waals surface area contributed by atoms with E-state index in [9.17, 15) is 23.2 Å². The summed E-state index contributed by atoms with van der Waals surface area (Å²) < 4.78 is 28.4. The number of aromatic amines is 1. The summed E-state index contributed by atoms with van der Waals surface area (Å²) >= 11 is 0. The molecule has 0 saturated heterocycles. The van der Waals surface area contributed by atoms with Gasteiger partial charge in [0.1, 0.15) is 17.3 Å². The monoisotopic (exact) mass is 412 g/mol. The Balaban J connectivity index is 2.26. The third-order valence-electron chi connectivity index (χ3n) is 4.76. The van der Waals surface area contributed by atoms with Crippen LogP contribution in [-0.2, 0) is 13.0 Å². The maximum Gasteiger partial charge on any atom is 0.329 e. The van der Waals surface area contributed by atoms with Crippen LogP contribution in [0.4, 0.5) is 8.78 Å². The summed E-state index contributed by atoms with van der Waals surface area (Å²) in [7, 11) is 0. The molecular weight excluding hydrogens is 390 g/mol. The lowest BCUT2D eigenvalue weighted by molar-refractivity contribution is 0.102. The first-order valence-corrected chi connectivity index (χ1v) is 9.63. The Morgan fingerprint density at radius 3 is 2.13 bits per heavy atom. The largest absolute Gasteiger partial charge is 0.329 e. The Bertz CT molecular complexity index is 1200. The Kier molecular flexibility index (Phi) is 6.10.